The second-order valence-corrected chi connectivity index (χ2v) is 9.49. The zero-order valence-electron chi connectivity index (χ0n) is 21.6. The van der Waals surface area contributed by atoms with Crippen LogP contribution in [0.15, 0.2) is 0 Å². The third kappa shape index (κ3) is 40.3. The van der Waals surface area contributed by atoms with E-state index in [1.54, 1.807) is 0 Å². The van der Waals surface area contributed by atoms with Gasteiger partial charge in [0.25, 0.3) is 5.97 Å². The Labute approximate surface area is 195 Å². The lowest BCUT2D eigenvalue weighted by Crippen LogP contribution is -1.84. The lowest BCUT2D eigenvalue weighted by atomic mass is 10.1. The largest absolute Gasteiger partial charge is 0.481 e. The number of rotatable bonds is 20. The van der Waals surface area contributed by atoms with Crippen molar-refractivity contribution >= 4 is 5.97 Å². The molecular formula is C28H58O3. The summed E-state index contributed by atoms with van der Waals surface area (Å²) in [6.07, 6.45) is 31.2. The molecule has 0 amide bonds. The molecule has 0 spiro atoms. The molecule has 0 atom stereocenters. The molecule has 0 radical (unpaired) electrons. The molecule has 0 aromatic heterocycles. The van der Waals surface area contributed by atoms with Gasteiger partial charge in [-0.3, -0.25) is 4.79 Å². The number of unbranched alkanes of at least 4 members (excludes halogenated alkanes) is 17. The Bertz CT molecular complexity index is 310. The quantitative estimate of drug-likeness (QED) is 0.185. The molecule has 3 heteroatoms. The molecule has 0 heterocycles. The van der Waals surface area contributed by atoms with Gasteiger partial charge in [-0.25, -0.2) is 0 Å². The van der Waals surface area contributed by atoms with E-state index in [1.165, 1.54) is 135 Å². The monoisotopic (exact) mass is 442 g/mol. The minimum atomic E-state index is -0.833. The van der Waals surface area contributed by atoms with Gasteiger partial charge < -0.3 is 10.2 Å². The summed E-state index contributed by atoms with van der Waals surface area (Å²) in [5.74, 6) is 0.320. The number of hydrogen-bond acceptors (Lipinski definition) is 2. The molecule has 3 nitrogen and oxygen atoms in total. The van der Waals surface area contributed by atoms with E-state index in [-0.39, 0.29) is 0 Å². The zero-order chi connectivity index (χ0) is 23.4. The second kappa shape index (κ2) is 29.4. The summed E-state index contributed by atoms with van der Waals surface area (Å²) >= 11 is 0. The van der Waals surface area contributed by atoms with Gasteiger partial charge in [0.2, 0.25) is 0 Å². The Morgan fingerprint density at radius 3 is 1.19 bits per heavy atom. The number of aliphatic hydroxyl groups excluding tert-OH is 1. The first-order valence-corrected chi connectivity index (χ1v) is 13.9. The van der Waals surface area contributed by atoms with Crippen molar-refractivity contribution in [2.45, 2.75) is 162 Å². The maximum Gasteiger partial charge on any atom is 0.300 e. The normalized spacial score (nSPS) is 12.5. The Morgan fingerprint density at radius 2 is 0.903 bits per heavy atom. The number of carboxylic acid groups (broad SMARTS) is 1. The number of aliphatic hydroxyl groups is 1. The van der Waals surface area contributed by atoms with Crippen molar-refractivity contribution in [3.8, 4) is 0 Å². The van der Waals surface area contributed by atoms with Gasteiger partial charge in [-0.2, -0.15) is 0 Å². The van der Waals surface area contributed by atoms with Crippen LogP contribution in [0.1, 0.15) is 162 Å². The Balaban J connectivity index is 0. The fourth-order valence-corrected chi connectivity index (χ4v) is 3.75. The zero-order valence-corrected chi connectivity index (χ0v) is 21.6. The fraction of sp³-hybridized carbons (Fsp3) is 0.964. The predicted octanol–water partition coefficient (Wildman–Crippen LogP) is 9.31. The van der Waals surface area contributed by atoms with Crippen molar-refractivity contribution in [1.82, 2.24) is 0 Å². The molecule has 0 saturated heterocycles. The van der Waals surface area contributed by atoms with E-state index in [0.29, 0.717) is 6.61 Å². The maximum atomic E-state index is 9.00. The topological polar surface area (TPSA) is 57.5 Å². The average molecular weight is 443 g/mol. The molecule has 2 N–H and O–H groups in total. The summed E-state index contributed by atoms with van der Waals surface area (Å²) in [7, 11) is 0. The SMILES string of the molecule is CC(=O)O.CCCCCCCCCCC1CC1.CCCCCCCCCCCCCO. The van der Waals surface area contributed by atoms with E-state index in [1.807, 2.05) is 0 Å². The van der Waals surface area contributed by atoms with Crippen molar-refractivity contribution in [3.05, 3.63) is 0 Å². The lowest BCUT2D eigenvalue weighted by molar-refractivity contribution is -0.134. The first kappa shape index (κ1) is 32.6. The molecule has 0 aliphatic heterocycles. The van der Waals surface area contributed by atoms with Gasteiger partial charge in [-0.05, 0) is 12.3 Å². The molecule has 1 fully saturated rings. The number of carboxylic acids is 1. The minimum Gasteiger partial charge on any atom is -0.481 e. The summed E-state index contributed by atoms with van der Waals surface area (Å²) < 4.78 is 0. The molecule has 1 aliphatic rings. The van der Waals surface area contributed by atoms with E-state index in [0.717, 1.165) is 19.3 Å². The van der Waals surface area contributed by atoms with Crippen LogP contribution in [0.25, 0.3) is 0 Å². The van der Waals surface area contributed by atoms with Crippen LogP contribution in [0.3, 0.4) is 0 Å². The minimum absolute atomic E-state index is 0.372. The van der Waals surface area contributed by atoms with Crippen molar-refractivity contribution < 1.29 is 15.0 Å². The summed E-state index contributed by atoms with van der Waals surface area (Å²) in [4.78, 5) is 9.00. The first-order valence-electron chi connectivity index (χ1n) is 13.9. The Hall–Kier alpha value is -0.570. The van der Waals surface area contributed by atoms with Gasteiger partial charge >= 0.3 is 0 Å². The van der Waals surface area contributed by atoms with Crippen LogP contribution in [-0.2, 0) is 4.79 Å². The van der Waals surface area contributed by atoms with Gasteiger partial charge in [-0.1, -0.05) is 149 Å². The number of hydrogen-bond donors (Lipinski definition) is 2. The van der Waals surface area contributed by atoms with Crippen LogP contribution >= 0.6 is 0 Å². The van der Waals surface area contributed by atoms with Crippen LogP contribution in [-0.4, -0.2) is 22.8 Å². The van der Waals surface area contributed by atoms with Crippen molar-refractivity contribution in [3.63, 3.8) is 0 Å². The molecule has 1 rings (SSSR count). The van der Waals surface area contributed by atoms with E-state index >= 15 is 0 Å². The van der Waals surface area contributed by atoms with E-state index in [9.17, 15) is 0 Å². The second-order valence-electron chi connectivity index (χ2n) is 9.49. The van der Waals surface area contributed by atoms with Gasteiger partial charge in [-0.15, -0.1) is 0 Å². The molecule has 0 aromatic carbocycles. The highest BCUT2D eigenvalue weighted by Gasteiger charge is 2.19. The third-order valence-corrected chi connectivity index (χ3v) is 5.92. The van der Waals surface area contributed by atoms with E-state index in [2.05, 4.69) is 13.8 Å². The Morgan fingerprint density at radius 1 is 0.613 bits per heavy atom. The number of aliphatic carboxylic acids is 1. The van der Waals surface area contributed by atoms with E-state index in [4.69, 9.17) is 15.0 Å². The summed E-state index contributed by atoms with van der Waals surface area (Å²) in [6, 6.07) is 0. The number of carbonyl (C=O) groups is 1. The molecule has 1 aliphatic carbocycles. The lowest BCUT2D eigenvalue weighted by Gasteiger charge is -2.01. The van der Waals surface area contributed by atoms with Crippen LogP contribution in [0.4, 0.5) is 0 Å². The van der Waals surface area contributed by atoms with Gasteiger partial charge in [0.15, 0.2) is 0 Å². The van der Waals surface area contributed by atoms with E-state index < -0.39 is 5.97 Å². The fourth-order valence-electron chi connectivity index (χ4n) is 3.75. The highest BCUT2D eigenvalue weighted by Crippen LogP contribution is 2.34. The summed E-state index contributed by atoms with van der Waals surface area (Å²) in [6.45, 7) is 6.01. The molecule has 0 bridgehead atoms. The van der Waals surface area contributed by atoms with Gasteiger partial charge in [0, 0.05) is 13.5 Å². The van der Waals surface area contributed by atoms with Crippen LogP contribution in [0.2, 0.25) is 0 Å². The van der Waals surface area contributed by atoms with Crippen molar-refractivity contribution in [2.24, 2.45) is 5.92 Å². The first-order chi connectivity index (χ1) is 15.1. The summed E-state index contributed by atoms with van der Waals surface area (Å²) in [5.41, 5.74) is 0. The standard InChI is InChI=1S/C13H28O.C13H26.C2H4O2/c1-2-3-4-5-6-7-8-9-10-11-12-13-14;1-2-3-4-5-6-7-8-9-10-13-11-12-13;1-2(3)4/h14H,2-13H2,1H3;13H,2-12H2,1H3;1H3,(H,3,4). The summed E-state index contributed by atoms with van der Waals surface area (Å²) in [5, 5.41) is 16.0. The highest BCUT2D eigenvalue weighted by atomic mass is 16.4. The van der Waals surface area contributed by atoms with Crippen molar-refractivity contribution in [1.29, 1.82) is 0 Å². The predicted molar refractivity (Wildman–Crippen MR) is 137 cm³/mol. The molecule has 31 heavy (non-hydrogen) atoms. The molecule has 188 valence electrons. The molecule has 0 aromatic rings. The van der Waals surface area contributed by atoms with Gasteiger partial charge in [0.1, 0.15) is 0 Å². The molecule has 1 saturated carbocycles. The van der Waals surface area contributed by atoms with Crippen LogP contribution < -0.4 is 0 Å². The van der Waals surface area contributed by atoms with Crippen molar-refractivity contribution in [2.75, 3.05) is 6.61 Å². The average Bonchev–Trinajstić information content (AvgIpc) is 3.56. The van der Waals surface area contributed by atoms with Crippen LogP contribution in [0.5, 0.6) is 0 Å². The maximum absolute atomic E-state index is 9.00. The smallest absolute Gasteiger partial charge is 0.300 e. The molecular weight excluding hydrogens is 384 g/mol. The molecule has 0 unspecified atom stereocenters. The van der Waals surface area contributed by atoms with Gasteiger partial charge in [0.05, 0.1) is 0 Å². The Kier molecular flexibility index (Phi) is 31.0. The van der Waals surface area contributed by atoms with Crippen LogP contribution in [0, 0.1) is 5.92 Å². The third-order valence-electron chi connectivity index (χ3n) is 5.92. The highest BCUT2D eigenvalue weighted by molar-refractivity contribution is 5.62.